The molecule has 1 aliphatic heterocycles. The Morgan fingerprint density at radius 1 is 1.71 bits per heavy atom. The van der Waals surface area contributed by atoms with Crippen molar-refractivity contribution < 1.29 is 24.2 Å². The highest BCUT2D eigenvalue weighted by Gasteiger charge is 2.43. The van der Waals surface area contributed by atoms with Gasteiger partial charge in [-0.15, -0.1) is 0 Å². The number of aliphatic hydroxyl groups excluding tert-OH is 1. The van der Waals surface area contributed by atoms with Gasteiger partial charge in [0.05, 0.1) is 25.6 Å². The van der Waals surface area contributed by atoms with Gasteiger partial charge in [0.25, 0.3) is 0 Å². The summed E-state index contributed by atoms with van der Waals surface area (Å²) in [6, 6.07) is 0. The Hall–Kier alpha value is -1.62. The third-order valence-corrected chi connectivity index (χ3v) is 3.33. The van der Waals surface area contributed by atoms with E-state index in [0.29, 0.717) is 17.6 Å². The molecule has 0 amide bonds. The Morgan fingerprint density at radius 3 is 3.06 bits per heavy atom. The van der Waals surface area contributed by atoms with Gasteiger partial charge < -0.3 is 14.6 Å². The molecule has 0 radical (unpaired) electrons. The Bertz CT molecular complexity index is 396. The minimum atomic E-state index is -0.465. The van der Waals surface area contributed by atoms with Gasteiger partial charge in [0.1, 0.15) is 12.4 Å². The topological polar surface area (TPSA) is 72.8 Å². The van der Waals surface area contributed by atoms with Crippen molar-refractivity contribution in [1.82, 2.24) is 0 Å². The summed E-state index contributed by atoms with van der Waals surface area (Å²) in [5.41, 5.74) is 1.01. The second-order valence-electron chi connectivity index (χ2n) is 4.11. The number of carbonyl (C=O) groups is 2. The fourth-order valence-electron chi connectivity index (χ4n) is 2.51. The maximum atomic E-state index is 11.6. The van der Waals surface area contributed by atoms with Crippen molar-refractivity contribution in [2.75, 3.05) is 13.7 Å². The van der Waals surface area contributed by atoms with E-state index >= 15 is 0 Å². The lowest BCUT2D eigenvalue weighted by atomic mass is 9.80. The van der Waals surface area contributed by atoms with Crippen molar-refractivity contribution in [3.63, 3.8) is 0 Å². The largest absolute Gasteiger partial charge is 0.494 e. The standard InChI is InChI=1S/C12H14O5/c1-16-12(15)9-6-17-10(5-14)11-7(4-13)2-3-8(9)11/h2,4,6,8,10-11,14H,3,5H2,1H3. The summed E-state index contributed by atoms with van der Waals surface area (Å²) in [6.07, 6.45) is 4.02. The molecule has 0 bridgehead atoms. The van der Waals surface area contributed by atoms with Crippen LogP contribution in [-0.4, -0.2) is 37.2 Å². The lowest BCUT2D eigenvalue weighted by Gasteiger charge is -2.33. The van der Waals surface area contributed by atoms with Crippen LogP contribution in [0.4, 0.5) is 0 Å². The summed E-state index contributed by atoms with van der Waals surface area (Å²) < 4.78 is 9.97. The van der Waals surface area contributed by atoms with Crippen molar-refractivity contribution in [2.24, 2.45) is 11.8 Å². The molecule has 1 aliphatic carbocycles. The first kappa shape index (κ1) is 11.9. The number of hydrogen-bond acceptors (Lipinski definition) is 5. The van der Waals surface area contributed by atoms with E-state index in [2.05, 4.69) is 4.74 Å². The third kappa shape index (κ3) is 1.86. The molecule has 0 fully saturated rings. The number of ether oxygens (including phenoxy) is 2. The predicted molar refractivity (Wildman–Crippen MR) is 57.8 cm³/mol. The quantitative estimate of drug-likeness (QED) is 0.561. The van der Waals surface area contributed by atoms with Crippen molar-refractivity contribution >= 4 is 12.3 Å². The van der Waals surface area contributed by atoms with Crippen LogP contribution in [0, 0.1) is 11.8 Å². The number of esters is 1. The van der Waals surface area contributed by atoms with Crippen molar-refractivity contribution in [3.8, 4) is 0 Å². The molecule has 92 valence electrons. The van der Waals surface area contributed by atoms with Crippen LogP contribution in [-0.2, 0) is 19.1 Å². The summed E-state index contributed by atoms with van der Waals surface area (Å²) in [7, 11) is 1.30. The number of hydrogen-bond donors (Lipinski definition) is 1. The van der Waals surface area contributed by atoms with Gasteiger partial charge in [-0.3, -0.25) is 4.79 Å². The molecule has 5 nitrogen and oxygen atoms in total. The molecule has 5 heteroatoms. The second-order valence-corrected chi connectivity index (χ2v) is 4.11. The summed E-state index contributed by atoms with van der Waals surface area (Å²) in [5, 5.41) is 9.22. The smallest absolute Gasteiger partial charge is 0.337 e. The molecule has 1 N–H and O–H groups in total. The number of allylic oxidation sites excluding steroid dienone is 1. The van der Waals surface area contributed by atoms with Crippen LogP contribution < -0.4 is 0 Å². The van der Waals surface area contributed by atoms with Gasteiger partial charge in [0.2, 0.25) is 0 Å². The summed E-state index contributed by atoms with van der Waals surface area (Å²) in [6.45, 7) is -0.183. The maximum Gasteiger partial charge on any atom is 0.337 e. The molecule has 0 saturated heterocycles. The van der Waals surface area contributed by atoms with Gasteiger partial charge in [0, 0.05) is 11.8 Å². The van der Waals surface area contributed by atoms with E-state index in [9.17, 15) is 14.7 Å². The van der Waals surface area contributed by atoms with E-state index in [0.717, 1.165) is 6.29 Å². The Labute approximate surface area is 98.7 Å². The number of aliphatic hydroxyl groups is 1. The van der Waals surface area contributed by atoms with E-state index in [1.54, 1.807) is 6.08 Å². The highest BCUT2D eigenvalue weighted by Crippen LogP contribution is 2.42. The van der Waals surface area contributed by atoms with Crippen molar-refractivity contribution in [3.05, 3.63) is 23.5 Å². The zero-order valence-corrected chi connectivity index (χ0v) is 9.46. The van der Waals surface area contributed by atoms with Crippen molar-refractivity contribution in [1.29, 1.82) is 0 Å². The fraction of sp³-hybridized carbons (Fsp3) is 0.500. The molecular weight excluding hydrogens is 224 g/mol. The van der Waals surface area contributed by atoms with Crippen LogP contribution >= 0.6 is 0 Å². The Balaban J connectivity index is 2.30. The summed E-state index contributed by atoms with van der Waals surface area (Å²) >= 11 is 0. The van der Waals surface area contributed by atoms with E-state index in [1.807, 2.05) is 0 Å². The van der Waals surface area contributed by atoms with E-state index in [4.69, 9.17) is 4.74 Å². The van der Waals surface area contributed by atoms with Gasteiger partial charge in [-0.2, -0.15) is 0 Å². The first-order valence-corrected chi connectivity index (χ1v) is 5.42. The predicted octanol–water partition coefficient (Wildman–Crippen LogP) is 0.196. The highest BCUT2D eigenvalue weighted by molar-refractivity contribution is 5.90. The summed E-state index contributed by atoms with van der Waals surface area (Å²) in [4.78, 5) is 22.5. The molecule has 0 aromatic rings. The molecule has 0 spiro atoms. The Morgan fingerprint density at radius 2 is 2.47 bits per heavy atom. The minimum Gasteiger partial charge on any atom is -0.494 e. The molecule has 2 rings (SSSR count). The molecular formula is C12H14O5. The van der Waals surface area contributed by atoms with Crippen molar-refractivity contribution in [2.45, 2.75) is 12.5 Å². The van der Waals surface area contributed by atoms with Gasteiger partial charge in [-0.25, -0.2) is 4.79 Å². The van der Waals surface area contributed by atoms with Crippen LogP contribution in [0.1, 0.15) is 6.42 Å². The van der Waals surface area contributed by atoms with Crippen LogP contribution in [0.3, 0.4) is 0 Å². The van der Waals surface area contributed by atoms with Crippen LogP contribution in [0.25, 0.3) is 0 Å². The highest BCUT2D eigenvalue weighted by atomic mass is 16.5. The molecule has 0 aromatic carbocycles. The second kappa shape index (κ2) is 4.71. The fourth-order valence-corrected chi connectivity index (χ4v) is 2.51. The van der Waals surface area contributed by atoms with E-state index in [1.165, 1.54) is 13.4 Å². The third-order valence-electron chi connectivity index (χ3n) is 3.33. The molecule has 1 heterocycles. The first-order chi connectivity index (χ1) is 8.22. The maximum absolute atomic E-state index is 11.6. The molecule has 3 atom stereocenters. The van der Waals surface area contributed by atoms with Gasteiger partial charge in [-0.05, 0) is 12.0 Å². The minimum absolute atomic E-state index is 0.131. The number of rotatable bonds is 3. The Kier molecular flexibility index (Phi) is 3.28. The SMILES string of the molecule is COC(=O)C1=COC(CO)C2C(C=O)=CCC12. The van der Waals surface area contributed by atoms with Gasteiger partial charge in [-0.1, -0.05) is 6.08 Å². The normalized spacial score (nSPS) is 30.8. The van der Waals surface area contributed by atoms with Crippen LogP contribution in [0.5, 0.6) is 0 Å². The van der Waals surface area contributed by atoms with Gasteiger partial charge in [0.15, 0.2) is 0 Å². The molecule has 2 aliphatic rings. The molecule has 3 unspecified atom stereocenters. The first-order valence-electron chi connectivity index (χ1n) is 5.42. The number of aldehydes is 1. The van der Waals surface area contributed by atoms with E-state index < -0.39 is 12.1 Å². The monoisotopic (exact) mass is 238 g/mol. The molecule has 0 saturated carbocycles. The number of methoxy groups -OCH3 is 1. The zero-order valence-electron chi connectivity index (χ0n) is 9.46. The number of fused-ring (bicyclic) bond motifs is 1. The van der Waals surface area contributed by atoms with Crippen LogP contribution in [0.2, 0.25) is 0 Å². The summed E-state index contributed by atoms with van der Waals surface area (Å²) in [5.74, 6) is -0.831. The number of carbonyl (C=O) groups excluding carboxylic acids is 2. The van der Waals surface area contributed by atoms with Crippen LogP contribution in [0.15, 0.2) is 23.5 Å². The molecule has 0 aromatic heterocycles. The zero-order chi connectivity index (χ0) is 12.4. The lowest BCUT2D eigenvalue weighted by molar-refractivity contribution is -0.138. The average Bonchev–Trinajstić information content (AvgIpc) is 2.80. The molecule has 17 heavy (non-hydrogen) atoms. The van der Waals surface area contributed by atoms with Gasteiger partial charge >= 0.3 is 5.97 Å². The van der Waals surface area contributed by atoms with E-state index in [-0.39, 0.29) is 18.4 Å². The lowest BCUT2D eigenvalue weighted by Crippen LogP contribution is -2.37. The average molecular weight is 238 g/mol.